The number of ether oxygens (including phenoxy) is 1. The number of halogens is 1. The summed E-state index contributed by atoms with van der Waals surface area (Å²) in [6, 6.07) is 2.87. The minimum absolute atomic E-state index is 0.101. The summed E-state index contributed by atoms with van der Waals surface area (Å²) < 4.78 is 21.0. The highest BCUT2D eigenvalue weighted by Crippen LogP contribution is 2.26. The smallest absolute Gasteiger partial charge is 0.316 e. The molecule has 1 amide bonds. The summed E-state index contributed by atoms with van der Waals surface area (Å²) in [5, 5.41) is 11.0. The van der Waals surface area contributed by atoms with Gasteiger partial charge < -0.3 is 21.1 Å². The lowest BCUT2D eigenvalue weighted by Crippen LogP contribution is -2.25. The monoisotopic (exact) mass is 424 g/mol. The van der Waals surface area contributed by atoms with Crippen LogP contribution >= 0.6 is 0 Å². The van der Waals surface area contributed by atoms with E-state index in [0.717, 1.165) is 0 Å². The van der Waals surface area contributed by atoms with E-state index in [9.17, 15) is 9.18 Å². The number of nitrogens with one attached hydrogen (secondary N) is 2. The summed E-state index contributed by atoms with van der Waals surface area (Å²) in [6.45, 7) is 2.33. The van der Waals surface area contributed by atoms with Gasteiger partial charge in [-0.3, -0.25) is 9.48 Å². The van der Waals surface area contributed by atoms with Gasteiger partial charge in [0.15, 0.2) is 5.82 Å². The van der Waals surface area contributed by atoms with Gasteiger partial charge in [-0.15, -0.1) is 0 Å². The van der Waals surface area contributed by atoms with Gasteiger partial charge in [0.05, 0.1) is 23.6 Å². The Morgan fingerprint density at radius 1 is 1.29 bits per heavy atom. The topological polar surface area (TPSA) is 133 Å². The molecule has 4 aromatic rings. The van der Waals surface area contributed by atoms with Crippen molar-refractivity contribution in [1.82, 2.24) is 24.7 Å². The maximum Gasteiger partial charge on any atom is 0.316 e. The number of carbonyl (C=O) groups excluding carboxylic acids is 1. The van der Waals surface area contributed by atoms with Crippen LogP contribution in [0.4, 0.5) is 15.9 Å². The summed E-state index contributed by atoms with van der Waals surface area (Å²) in [6.07, 6.45) is 4.59. The Morgan fingerprint density at radius 3 is 2.84 bits per heavy atom. The van der Waals surface area contributed by atoms with Gasteiger partial charge in [-0.1, -0.05) is 0 Å². The first-order chi connectivity index (χ1) is 14.9. The van der Waals surface area contributed by atoms with Gasteiger partial charge in [-0.25, -0.2) is 14.4 Å². The second-order valence-corrected chi connectivity index (χ2v) is 7.15. The summed E-state index contributed by atoms with van der Waals surface area (Å²) in [7, 11) is 3.13. The number of hydrogen-bond acceptors (Lipinski definition) is 8. The Labute approximate surface area is 176 Å². The Morgan fingerprint density at radius 2 is 2.10 bits per heavy atom. The largest absolute Gasteiger partial charge is 0.467 e. The molecule has 31 heavy (non-hydrogen) atoms. The SMILES string of the molecule is COc1ncc2c(NC[C@H](C)N)ncc(C(=O)Nc3cc(F)c4nn(C)cc4c3)c2n1. The molecule has 1 atom stereocenters. The second-order valence-electron chi connectivity index (χ2n) is 7.15. The molecular weight excluding hydrogens is 403 g/mol. The van der Waals surface area contributed by atoms with Gasteiger partial charge in [0.25, 0.3) is 5.91 Å². The zero-order valence-corrected chi connectivity index (χ0v) is 17.2. The number of pyridine rings is 1. The Kier molecular flexibility index (Phi) is 5.34. The Bertz CT molecular complexity index is 1290. The number of aromatic nitrogens is 5. The summed E-state index contributed by atoms with van der Waals surface area (Å²) >= 11 is 0. The van der Waals surface area contributed by atoms with E-state index in [1.165, 1.54) is 30.3 Å². The van der Waals surface area contributed by atoms with Crippen LogP contribution in [0.5, 0.6) is 6.01 Å². The van der Waals surface area contributed by atoms with Crippen molar-refractivity contribution < 1.29 is 13.9 Å². The van der Waals surface area contributed by atoms with E-state index < -0.39 is 11.7 Å². The molecule has 0 aliphatic rings. The maximum atomic E-state index is 14.4. The van der Waals surface area contributed by atoms with Crippen LogP contribution in [0.1, 0.15) is 17.3 Å². The first-order valence-electron chi connectivity index (χ1n) is 9.49. The van der Waals surface area contributed by atoms with Crippen LogP contribution in [-0.2, 0) is 7.05 Å². The molecule has 0 aliphatic heterocycles. The summed E-state index contributed by atoms with van der Waals surface area (Å²) in [5.74, 6) is -0.537. The van der Waals surface area contributed by atoms with Crippen LogP contribution in [0, 0.1) is 5.82 Å². The standard InChI is InChI=1S/C20H21FN8O2/c1-10(22)6-23-18-13-7-25-20(31-3)27-17(13)14(8-24-18)19(30)26-12-4-11-9-29(2)28-16(11)15(21)5-12/h4-5,7-10H,6,22H2,1-3H3,(H,23,24)(H,26,30)/t10-/m0/s1. The van der Waals surface area contributed by atoms with E-state index in [0.29, 0.717) is 28.7 Å². The molecule has 1 aromatic carbocycles. The van der Waals surface area contributed by atoms with Crippen LogP contribution in [0.25, 0.3) is 21.8 Å². The molecule has 3 aromatic heterocycles. The van der Waals surface area contributed by atoms with E-state index in [2.05, 4.69) is 30.7 Å². The molecule has 160 valence electrons. The molecule has 0 radical (unpaired) electrons. The molecule has 0 spiro atoms. The number of nitrogens with zero attached hydrogens (tertiary/aromatic N) is 5. The first-order valence-corrected chi connectivity index (χ1v) is 9.49. The molecule has 0 aliphatic carbocycles. The van der Waals surface area contributed by atoms with E-state index in [-0.39, 0.29) is 28.8 Å². The van der Waals surface area contributed by atoms with E-state index in [1.54, 1.807) is 19.3 Å². The molecule has 10 nitrogen and oxygen atoms in total. The fraction of sp³-hybridized carbons (Fsp3) is 0.250. The molecule has 0 bridgehead atoms. The highest BCUT2D eigenvalue weighted by atomic mass is 19.1. The highest BCUT2D eigenvalue weighted by molar-refractivity contribution is 6.13. The molecule has 4 rings (SSSR count). The zero-order chi connectivity index (χ0) is 22.1. The number of rotatable bonds is 6. The predicted octanol–water partition coefficient (Wildman–Crippen LogP) is 2.07. The van der Waals surface area contributed by atoms with Crippen molar-refractivity contribution in [3.05, 3.63) is 42.1 Å². The molecule has 4 N–H and O–H groups in total. The number of benzene rings is 1. The van der Waals surface area contributed by atoms with E-state index >= 15 is 0 Å². The molecule has 0 saturated carbocycles. The third-order valence-corrected chi connectivity index (χ3v) is 4.55. The van der Waals surface area contributed by atoms with Gasteiger partial charge in [-0.05, 0) is 19.1 Å². The third-order valence-electron chi connectivity index (χ3n) is 4.55. The lowest BCUT2D eigenvalue weighted by molar-refractivity contribution is 0.102. The van der Waals surface area contributed by atoms with Crippen LogP contribution in [0.2, 0.25) is 0 Å². The second kappa shape index (κ2) is 8.11. The quantitative estimate of drug-likeness (QED) is 0.428. The van der Waals surface area contributed by atoms with Crippen molar-refractivity contribution in [1.29, 1.82) is 0 Å². The van der Waals surface area contributed by atoms with Crippen molar-refractivity contribution in [2.45, 2.75) is 13.0 Å². The molecule has 0 saturated heterocycles. The summed E-state index contributed by atoms with van der Waals surface area (Å²) in [5.41, 5.74) is 6.86. The minimum Gasteiger partial charge on any atom is -0.467 e. The average molecular weight is 424 g/mol. The average Bonchev–Trinajstić information content (AvgIpc) is 3.12. The number of anilines is 2. The van der Waals surface area contributed by atoms with Gasteiger partial charge >= 0.3 is 6.01 Å². The molecule has 0 fully saturated rings. The van der Waals surface area contributed by atoms with Crippen LogP contribution in [-0.4, -0.2) is 50.3 Å². The van der Waals surface area contributed by atoms with Crippen molar-refractivity contribution >= 4 is 39.2 Å². The third kappa shape index (κ3) is 4.08. The van der Waals surface area contributed by atoms with Gasteiger partial charge in [0.2, 0.25) is 0 Å². The molecular formula is C20H21FN8O2. The number of aryl methyl sites for hydroxylation is 1. The summed E-state index contributed by atoms with van der Waals surface area (Å²) in [4.78, 5) is 25.8. The number of carbonyl (C=O) groups is 1. The molecule has 0 unspecified atom stereocenters. The molecule has 11 heteroatoms. The number of hydrogen-bond donors (Lipinski definition) is 3. The Hall–Kier alpha value is -3.86. The zero-order valence-electron chi connectivity index (χ0n) is 17.2. The predicted molar refractivity (Wildman–Crippen MR) is 115 cm³/mol. The van der Waals surface area contributed by atoms with Gasteiger partial charge in [0, 0.05) is 49.3 Å². The fourth-order valence-corrected chi connectivity index (χ4v) is 3.15. The number of fused-ring (bicyclic) bond motifs is 2. The minimum atomic E-state index is -0.532. The highest BCUT2D eigenvalue weighted by Gasteiger charge is 2.18. The Balaban J connectivity index is 1.72. The lowest BCUT2D eigenvalue weighted by Gasteiger charge is -2.13. The molecule has 3 heterocycles. The number of amides is 1. The van der Waals surface area contributed by atoms with Gasteiger partial charge in [0.1, 0.15) is 11.3 Å². The van der Waals surface area contributed by atoms with Crippen LogP contribution in [0.3, 0.4) is 0 Å². The van der Waals surface area contributed by atoms with Gasteiger partial charge in [-0.2, -0.15) is 10.1 Å². The number of nitrogens with two attached hydrogens (primary N) is 1. The fourth-order valence-electron chi connectivity index (χ4n) is 3.15. The maximum absolute atomic E-state index is 14.4. The normalized spacial score (nSPS) is 12.2. The van der Waals surface area contributed by atoms with Crippen molar-refractivity contribution in [3.8, 4) is 6.01 Å². The van der Waals surface area contributed by atoms with E-state index in [1.807, 2.05) is 6.92 Å². The van der Waals surface area contributed by atoms with Crippen molar-refractivity contribution in [2.24, 2.45) is 12.8 Å². The first kappa shape index (κ1) is 20.4. The van der Waals surface area contributed by atoms with E-state index in [4.69, 9.17) is 10.5 Å². The lowest BCUT2D eigenvalue weighted by atomic mass is 10.1. The van der Waals surface area contributed by atoms with Crippen molar-refractivity contribution in [2.75, 3.05) is 24.3 Å². The number of methoxy groups -OCH3 is 1. The van der Waals surface area contributed by atoms with Crippen molar-refractivity contribution in [3.63, 3.8) is 0 Å². The van der Waals surface area contributed by atoms with Crippen LogP contribution < -0.4 is 21.1 Å². The van der Waals surface area contributed by atoms with Crippen LogP contribution in [0.15, 0.2) is 30.7 Å².